The Morgan fingerprint density at radius 2 is 2.37 bits per heavy atom. The molecule has 0 saturated carbocycles. The zero-order valence-electron chi connectivity index (χ0n) is 9.95. The van der Waals surface area contributed by atoms with Gasteiger partial charge in [0.15, 0.2) is 5.16 Å². The quantitative estimate of drug-likeness (QED) is 0.698. The van der Waals surface area contributed by atoms with Gasteiger partial charge in [-0.05, 0) is 11.4 Å². The number of nitrogens with zero attached hydrogens (tertiary/aromatic N) is 4. The summed E-state index contributed by atoms with van der Waals surface area (Å²) in [6, 6.07) is 1.91. The summed E-state index contributed by atoms with van der Waals surface area (Å²) in [5.74, 6) is 1.63. The van der Waals surface area contributed by atoms with Gasteiger partial charge in [-0.1, -0.05) is 11.8 Å². The van der Waals surface area contributed by atoms with E-state index in [1.54, 1.807) is 7.05 Å². The molecule has 3 aromatic heterocycles. The maximum atomic E-state index is 11.2. The van der Waals surface area contributed by atoms with E-state index in [1.807, 2.05) is 11.4 Å². The molecule has 0 fully saturated rings. The van der Waals surface area contributed by atoms with Crippen LogP contribution >= 0.6 is 23.1 Å². The standard InChI is InChI=1S/C10H10N6OS2/c1-16-9(17)14-15-10(16)19-4-6-12-7(11)5-2-3-18-8(5)13-6/h2-3H,4H2,1H3,(H,14,17)(H2,11,12,13). The van der Waals surface area contributed by atoms with Crippen LogP contribution in [0.5, 0.6) is 0 Å². The summed E-state index contributed by atoms with van der Waals surface area (Å²) in [5.41, 5.74) is 5.63. The lowest BCUT2D eigenvalue weighted by Gasteiger charge is -2.02. The normalized spacial score (nSPS) is 11.2. The van der Waals surface area contributed by atoms with Crippen molar-refractivity contribution in [3.05, 3.63) is 27.8 Å². The third kappa shape index (κ3) is 2.22. The number of H-pyrrole nitrogens is 1. The highest BCUT2D eigenvalue weighted by Crippen LogP contribution is 2.25. The van der Waals surface area contributed by atoms with Gasteiger partial charge in [-0.25, -0.2) is 19.9 Å². The largest absolute Gasteiger partial charge is 0.383 e. The monoisotopic (exact) mass is 294 g/mol. The second-order valence-electron chi connectivity index (χ2n) is 3.82. The van der Waals surface area contributed by atoms with Crippen molar-refractivity contribution in [1.29, 1.82) is 0 Å². The van der Waals surface area contributed by atoms with E-state index in [-0.39, 0.29) is 5.69 Å². The third-order valence-corrected chi connectivity index (χ3v) is 4.40. The molecule has 0 aliphatic heterocycles. The van der Waals surface area contributed by atoms with Gasteiger partial charge >= 0.3 is 5.69 Å². The zero-order valence-corrected chi connectivity index (χ0v) is 11.6. The van der Waals surface area contributed by atoms with Gasteiger partial charge in [0.2, 0.25) is 0 Å². The minimum absolute atomic E-state index is 0.239. The van der Waals surface area contributed by atoms with Gasteiger partial charge in [0.25, 0.3) is 0 Å². The predicted molar refractivity (Wildman–Crippen MR) is 75.2 cm³/mol. The number of aromatic amines is 1. The Labute approximate surface area is 115 Å². The summed E-state index contributed by atoms with van der Waals surface area (Å²) in [7, 11) is 1.66. The fourth-order valence-electron chi connectivity index (χ4n) is 1.58. The Kier molecular flexibility index (Phi) is 2.99. The molecule has 0 atom stereocenters. The first-order valence-corrected chi connectivity index (χ1v) is 7.25. The van der Waals surface area contributed by atoms with Crippen LogP contribution in [0.1, 0.15) is 5.82 Å². The predicted octanol–water partition coefficient (Wildman–Crippen LogP) is 0.988. The number of rotatable bonds is 3. The van der Waals surface area contributed by atoms with Crippen molar-refractivity contribution >= 4 is 39.1 Å². The molecule has 3 aromatic rings. The summed E-state index contributed by atoms with van der Waals surface area (Å²) in [6.45, 7) is 0. The van der Waals surface area contributed by atoms with Crippen LogP contribution in [-0.4, -0.2) is 24.7 Å². The molecule has 0 aliphatic rings. The van der Waals surface area contributed by atoms with E-state index in [9.17, 15) is 4.79 Å². The lowest BCUT2D eigenvalue weighted by atomic mass is 10.4. The Balaban J connectivity index is 1.85. The van der Waals surface area contributed by atoms with E-state index in [2.05, 4.69) is 20.2 Å². The van der Waals surface area contributed by atoms with Gasteiger partial charge in [0.1, 0.15) is 16.5 Å². The number of fused-ring (bicyclic) bond motifs is 1. The molecule has 7 nitrogen and oxygen atoms in total. The highest BCUT2D eigenvalue weighted by Gasteiger charge is 2.09. The van der Waals surface area contributed by atoms with E-state index >= 15 is 0 Å². The number of hydrogen-bond acceptors (Lipinski definition) is 7. The Bertz CT molecular complexity index is 789. The maximum Gasteiger partial charge on any atom is 0.343 e. The molecule has 0 amide bonds. The van der Waals surface area contributed by atoms with Crippen molar-refractivity contribution in [2.24, 2.45) is 7.05 Å². The van der Waals surface area contributed by atoms with Crippen LogP contribution in [-0.2, 0) is 12.8 Å². The molecule has 0 aromatic carbocycles. The molecule has 3 heterocycles. The van der Waals surface area contributed by atoms with E-state index in [0.717, 1.165) is 10.2 Å². The first-order valence-electron chi connectivity index (χ1n) is 5.39. The van der Waals surface area contributed by atoms with Crippen LogP contribution in [0, 0.1) is 0 Å². The molecule has 9 heteroatoms. The summed E-state index contributed by atoms with van der Waals surface area (Å²) >= 11 is 2.91. The van der Waals surface area contributed by atoms with E-state index in [1.165, 1.54) is 27.7 Å². The molecule has 98 valence electrons. The van der Waals surface area contributed by atoms with Crippen molar-refractivity contribution in [3.8, 4) is 0 Å². The zero-order chi connectivity index (χ0) is 13.4. The average Bonchev–Trinajstić information content (AvgIpc) is 2.97. The SMILES string of the molecule is Cn1c(SCc2nc(N)c3ccsc3n2)n[nH]c1=O. The second-order valence-corrected chi connectivity index (χ2v) is 5.66. The molecule has 0 unspecified atom stereocenters. The fraction of sp³-hybridized carbons (Fsp3) is 0.200. The number of thiophene rings is 1. The molecule has 19 heavy (non-hydrogen) atoms. The minimum Gasteiger partial charge on any atom is -0.383 e. The first-order chi connectivity index (χ1) is 9.15. The number of nitrogens with two attached hydrogens (primary N) is 1. The van der Waals surface area contributed by atoms with Gasteiger partial charge in [-0.15, -0.1) is 16.4 Å². The Morgan fingerprint density at radius 3 is 3.11 bits per heavy atom. The van der Waals surface area contributed by atoms with Crippen LogP contribution < -0.4 is 11.4 Å². The Morgan fingerprint density at radius 1 is 1.53 bits per heavy atom. The molecule has 0 radical (unpaired) electrons. The lowest BCUT2D eigenvalue weighted by Crippen LogP contribution is -2.12. The Hall–Kier alpha value is -1.87. The molecule has 3 N–H and O–H groups in total. The van der Waals surface area contributed by atoms with Crippen LogP contribution in [0.15, 0.2) is 21.4 Å². The summed E-state index contributed by atoms with van der Waals surface area (Å²) in [4.78, 5) is 20.8. The number of hydrogen-bond donors (Lipinski definition) is 2. The second kappa shape index (κ2) is 4.67. The first kappa shape index (κ1) is 12.2. The number of anilines is 1. The molecule has 0 spiro atoms. The van der Waals surface area contributed by atoms with E-state index in [0.29, 0.717) is 22.6 Å². The molecular formula is C10H10N6OS2. The van der Waals surface area contributed by atoms with Crippen molar-refractivity contribution < 1.29 is 0 Å². The fourth-order valence-corrected chi connectivity index (χ4v) is 3.14. The van der Waals surface area contributed by atoms with Crippen LogP contribution in [0.2, 0.25) is 0 Å². The average molecular weight is 294 g/mol. The maximum absolute atomic E-state index is 11.2. The van der Waals surface area contributed by atoms with Crippen LogP contribution in [0.3, 0.4) is 0 Å². The highest BCUT2D eigenvalue weighted by atomic mass is 32.2. The third-order valence-electron chi connectivity index (χ3n) is 2.57. The molecular weight excluding hydrogens is 284 g/mol. The number of thioether (sulfide) groups is 1. The van der Waals surface area contributed by atoms with Gasteiger partial charge in [0.05, 0.1) is 11.1 Å². The number of aromatic nitrogens is 5. The van der Waals surface area contributed by atoms with Gasteiger partial charge in [-0.3, -0.25) is 4.57 Å². The lowest BCUT2D eigenvalue weighted by molar-refractivity contribution is 0.765. The van der Waals surface area contributed by atoms with Gasteiger partial charge < -0.3 is 5.73 Å². The van der Waals surface area contributed by atoms with Gasteiger partial charge in [0, 0.05) is 7.05 Å². The van der Waals surface area contributed by atoms with Crippen molar-refractivity contribution in [3.63, 3.8) is 0 Å². The molecule has 0 saturated heterocycles. The summed E-state index contributed by atoms with van der Waals surface area (Å²) < 4.78 is 1.44. The molecule has 0 bridgehead atoms. The van der Waals surface area contributed by atoms with Crippen molar-refractivity contribution in [2.45, 2.75) is 10.9 Å². The number of nitrogens with one attached hydrogen (secondary N) is 1. The number of nitrogen functional groups attached to an aromatic ring is 1. The van der Waals surface area contributed by atoms with Crippen molar-refractivity contribution in [2.75, 3.05) is 5.73 Å². The van der Waals surface area contributed by atoms with E-state index < -0.39 is 0 Å². The molecule has 0 aliphatic carbocycles. The molecule has 3 rings (SSSR count). The van der Waals surface area contributed by atoms with Crippen LogP contribution in [0.4, 0.5) is 5.82 Å². The summed E-state index contributed by atoms with van der Waals surface area (Å²) in [5, 5.41) is 9.70. The van der Waals surface area contributed by atoms with E-state index in [4.69, 9.17) is 5.73 Å². The smallest absolute Gasteiger partial charge is 0.343 e. The summed E-state index contributed by atoms with van der Waals surface area (Å²) in [6.07, 6.45) is 0. The van der Waals surface area contributed by atoms with Gasteiger partial charge in [-0.2, -0.15) is 0 Å². The van der Waals surface area contributed by atoms with Crippen molar-refractivity contribution in [1.82, 2.24) is 24.7 Å². The van der Waals surface area contributed by atoms with Crippen LogP contribution in [0.25, 0.3) is 10.2 Å². The topological polar surface area (TPSA) is 102 Å². The minimum atomic E-state index is -0.239. The highest BCUT2D eigenvalue weighted by molar-refractivity contribution is 7.98.